The van der Waals surface area contributed by atoms with Crippen LogP contribution in [-0.4, -0.2) is 31.7 Å². The Morgan fingerprint density at radius 2 is 1.73 bits per heavy atom. The largest absolute Gasteiger partial charge is 0.367 e. The molecule has 3 rings (SSSR count). The van der Waals surface area contributed by atoms with E-state index in [1.165, 1.54) is 5.56 Å². The maximum absolute atomic E-state index is 11.5. The zero-order valence-electron chi connectivity index (χ0n) is 15.2. The van der Waals surface area contributed by atoms with Crippen LogP contribution in [-0.2, 0) is 10.0 Å². The number of benzene rings is 1. The molecule has 0 amide bonds. The van der Waals surface area contributed by atoms with Crippen LogP contribution in [0.2, 0.25) is 0 Å². The molecule has 1 aliphatic rings. The molecule has 0 spiro atoms. The Morgan fingerprint density at radius 3 is 2.35 bits per heavy atom. The fraction of sp³-hybridized carbons (Fsp3) is 0.450. The highest BCUT2D eigenvalue weighted by Crippen LogP contribution is 2.26. The number of rotatable bonds is 7. The van der Waals surface area contributed by atoms with E-state index in [9.17, 15) is 8.42 Å². The Hall–Kier alpha value is -1.92. The molecule has 1 heterocycles. The number of pyridine rings is 1. The number of nitrogens with zero attached hydrogens (tertiary/aromatic N) is 1. The van der Waals surface area contributed by atoms with Crippen LogP contribution in [0.15, 0.2) is 48.7 Å². The van der Waals surface area contributed by atoms with Gasteiger partial charge in [0.25, 0.3) is 0 Å². The van der Waals surface area contributed by atoms with Gasteiger partial charge in [-0.3, -0.25) is 0 Å². The summed E-state index contributed by atoms with van der Waals surface area (Å²) in [5.74, 6) is 1.48. The zero-order chi connectivity index (χ0) is 18.4. The summed E-state index contributed by atoms with van der Waals surface area (Å²) in [4.78, 5) is 4.55. The van der Waals surface area contributed by atoms with Crippen LogP contribution < -0.4 is 10.0 Å². The lowest BCUT2D eigenvalue weighted by atomic mass is 9.86. The molecule has 1 aromatic heterocycles. The van der Waals surface area contributed by atoms with Gasteiger partial charge in [0.05, 0.1) is 5.75 Å². The predicted molar refractivity (Wildman–Crippen MR) is 107 cm³/mol. The Bertz CT molecular complexity index is 784. The van der Waals surface area contributed by atoms with Gasteiger partial charge >= 0.3 is 0 Å². The minimum Gasteiger partial charge on any atom is -0.367 e. The van der Waals surface area contributed by atoms with Crippen LogP contribution in [0.5, 0.6) is 0 Å². The van der Waals surface area contributed by atoms with Crippen molar-refractivity contribution in [3.05, 3.63) is 48.7 Å². The van der Waals surface area contributed by atoms with Crippen LogP contribution in [0.25, 0.3) is 11.1 Å². The summed E-state index contributed by atoms with van der Waals surface area (Å²) in [5, 5.41) is 3.51. The van der Waals surface area contributed by atoms with Crippen molar-refractivity contribution in [2.75, 3.05) is 17.6 Å². The fourth-order valence-electron chi connectivity index (χ4n) is 3.35. The number of hydrogen-bond acceptors (Lipinski definition) is 4. The molecule has 1 fully saturated rings. The van der Waals surface area contributed by atoms with E-state index in [4.69, 9.17) is 0 Å². The Morgan fingerprint density at radius 1 is 1.00 bits per heavy atom. The maximum Gasteiger partial charge on any atom is 0.211 e. The molecule has 1 saturated carbocycles. The molecule has 0 saturated heterocycles. The first kappa shape index (κ1) is 18.9. The van der Waals surface area contributed by atoms with Gasteiger partial charge in [-0.2, -0.15) is 0 Å². The van der Waals surface area contributed by atoms with E-state index < -0.39 is 10.0 Å². The normalized spacial score (nSPS) is 20.7. The lowest BCUT2D eigenvalue weighted by Gasteiger charge is -2.29. The Labute approximate surface area is 156 Å². The predicted octanol–water partition coefficient (Wildman–Crippen LogP) is 3.66. The van der Waals surface area contributed by atoms with Gasteiger partial charge in [0.2, 0.25) is 10.0 Å². The average Bonchev–Trinajstić information content (AvgIpc) is 2.69. The van der Waals surface area contributed by atoms with E-state index >= 15 is 0 Å². The highest BCUT2D eigenvalue weighted by Gasteiger charge is 2.22. The van der Waals surface area contributed by atoms with Gasteiger partial charge < -0.3 is 5.32 Å². The fourth-order valence-corrected chi connectivity index (χ4v) is 4.04. The molecule has 26 heavy (non-hydrogen) atoms. The summed E-state index contributed by atoms with van der Waals surface area (Å²) in [6.45, 7) is 2.23. The van der Waals surface area contributed by atoms with E-state index in [2.05, 4.69) is 33.2 Å². The molecule has 0 atom stereocenters. The van der Waals surface area contributed by atoms with Crippen LogP contribution in [0.4, 0.5) is 5.82 Å². The van der Waals surface area contributed by atoms with Crippen LogP contribution in [0.3, 0.4) is 0 Å². The highest BCUT2D eigenvalue weighted by molar-refractivity contribution is 7.89. The van der Waals surface area contributed by atoms with Crippen LogP contribution >= 0.6 is 0 Å². The van der Waals surface area contributed by atoms with Crippen molar-refractivity contribution in [3.8, 4) is 11.1 Å². The second-order valence-electron chi connectivity index (χ2n) is 6.91. The minimum absolute atomic E-state index is 0.147. The van der Waals surface area contributed by atoms with Gasteiger partial charge in [0.15, 0.2) is 0 Å². The smallest absolute Gasteiger partial charge is 0.211 e. The average molecular weight is 374 g/mol. The van der Waals surface area contributed by atoms with Gasteiger partial charge in [-0.15, -0.1) is 0 Å². The van der Waals surface area contributed by atoms with Gasteiger partial charge in [0, 0.05) is 24.3 Å². The molecule has 2 aromatic rings. The van der Waals surface area contributed by atoms with Crippen molar-refractivity contribution in [3.63, 3.8) is 0 Å². The summed E-state index contributed by atoms with van der Waals surface area (Å²) >= 11 is 0. The Balaban J connectivity index is 1.47. The summed E-state index contributed by atoms with van der Waals surface area (Å²) in [6.07, 6.45) is 6.06. The van der Waals surface area contributed by atoms with Crippen molar-refractivity contribution in [1.82, 2.24) is 9.71 Å². The van der Waals surface area contributed by atoms with Crippen molar-refractivity contribution >= 4 is 15.8 Å². The van der Waals surface area contributed by atoms with E-state index in [0.717, 1.165) is 37.1 Å². The van der Waals surface area contributed by atoms with E-state index in [-0.39, 0.29) is 5.75 Å². The van der Waals surface area contributed by atoms with Crippen LogP contribution in [0.1, 0.15) is 32.6 Å². The quantitative estimate of drug-likeness (QED) is 0.777. The number of anilines is 1. The second-order valence-corrected chi connectivity index (χ2v) is 9.01. The first-order valence-electron chi connectivity index (χ1n) is 9.31. The van der Waals surface area contributed by atoms with E-state index in [1.807, 2.05) is 30.5 Å². The number of aromatic nitrogens is 1. The third kappa shape index (κ3) is 5.29. The summed E-state index contributed by atoms with van der Waals surface area (Å²) in [6, 6.07) is 14.8. The summed E-state index contributed by atoms with van der Waals surface area (Å²) < 4.78 is 25.8. The summed E-state index contributed by atoms with van der Waals surface area (Å²) in [7, 11) is -3.08. The molecule has 1 aromatic carbocycles. The minimum atomic E-state index is -3.08. The molecule has 0 bridgehead atoms. The van der Waals surface area contributed by atoms with E-state index in [0.29, 0.717) is 18.5 Å². The van der Waals surface area contributed by atoms with Gasteiger partial charge in [-0.25, -0.2) is 18.1 Å². The molecule has 0 unspecified atom stereocenters. The van der Waals surface area contributed by atoms with Crippen molar-refractivity contribution in [2.45, 2.75) is 38.6 Å². The van der Waals surface area contributed by atoms with Crippen molar-refractivity contribution in [2.24, 2.45) is 5.92 Å². The first-order valence-corrected chi connectivity index (χ1v) is 11.0. The standard InChI is InChI=1S/C20H27N3O2S/c1-2-26(24,25)22-14-16-8-11-19(12-9-16)23-20-13-10-18(15-21-20)17-6-4-3-5-7-17/h3-7,10,13,15-16,19,22H,2,8-9,11-12,14H2,1H3,(H,21,23)/t16-,19-. The van der Waals surface area contributed by atoms with E-state index in [1.54, 1.807) is 6.92 Å². The summed E-state index contributed by atoms with van der Waals surface area (Å²) in [5.41, 5.74) is 2.28. The van der Waals surface area contributed by atoms with Gasteiger partial charge in [0.1, 0.15) is 5.82 Å². The molecule has 5 nitrogen and oxygen atoms in total. The molecular weight excluding hydrogens is 346 g/mol. The third-order valence-corrected chi connectivity index (χ3v) is 6.41. The highest BCUT2D eigenvalue weighted by atomic mass is 32.2. The Kier molecular flexibility index (Phi) is 6.27. The molecule has 2 N–H and O–H groups in total. The molecule has 0 radical (unpaired) electrons. The number of sulfonamides is 1. The molecule has 6 heteroatoms. The monoisotopic (exact) mass is 373 g/mol. The molecular formula is C20H27N3O2S. The third-order valence-electron chi connectivity index (χ3n) is 5.04. The maximum atomic E-state index is 11.5. The van der Waals surface area contributed by atoms with Crippen molar-refractivity contribution in [1.29, 1.82) is 0 Å². The van der Waals surface area contributed by atoms with Crippen LogP contribution in [0, 0.1) is 5.92 Å². The SMILES string of the molecule is CCS(=O)(=O)NC[C@H]1CC[C@H](Nc2ccc(-c3ccccc3)cn2)CC1. The molecule has 140 valence electrons. The van der Waals surface area contributed by atoms with Crippen molar-refractivity contribution < 1.29 is 8.42 Å². The molecule has 0 aliphatic heterocycles. The second kappa shape index (κ2) is 8.64. The number of hydrogen-bond donors (Lipinski definition) is 2. The van der Waals surface area contributed by atoms with Gasteiger partial charge in [-0.05, 0) is 56.2 Å². The zero-order valence-corrected chi connectivity index (χ0v) is 16.0. The lowest BCUT2D eigenvalue weighted by Crippen LogP contribution is -2.34. The topological polar surface area (TPSA) is 71.1 Å². The first-order chi connectivity index (χ1) is 12.6. The lowest BCUT2D eigenvalue weighted by molar-refractivity contribution is 0.337. The van der Waals surface area contributed by atoms with Gasteiger partial charge in [-0.1, -0.05) is 30.3 Å². The molecule has 1 aliphatic carbocycles. The number of nitrogens with one attached hydrogen (secondary N) is 2.